The van der Waals surface area contributed by atoms with Crippen molar-refractivity contribution in [1.82, 2.24) is 0 Å². The summed E-state index contributed by atoms with van der Waals surface area (Å²) in [6.07, 6.45) is 71.0. The molecule has 5 heteroatoms. The van der Waals surface area contributed by atoms with Crippen molar-refractivity contribution in [3.63, 3.8) is 0 Å². The highest BCUT2D eigenvalue weighted by Gasteiger charge is 2.20. The highest BCUT2D eigenvalue weighted by molar-refractivity contribution is 7.85. The Labute approximate surface area is 372 Å². The standard InChI is InChI=1S/C54H105NO3S/c1-4-7-10-13-16-19-22-25-28-31-34-37-40-43-46-50-55(53-49-54-59(56,57)58,51-47-44-41-38-35-32-29-26-23-20-17-14-11-8-5-2)52-48-45-42-39-36-33-30-27-24-21-18-15-12-9-6-3/h46-48,50-52H,4-45,49,53-54H2,1-3H3/p+1/b50-46+,51-47+,52-48+. The first-order valence-electron chi connectivity index (χ1n) is 26.7. The zero-order chi connectivity index (χ0) is 43.1. The van der Waals surface area contributed by atoms with Gasteiger partial charge in [-0.3, -0.25) is 4.55 Å². The molecule has 0 aromatic carbocycles. The van der Waals surface area contributed by atoms with Crippen molar-refractivity contribution < 1.29 is 17.5 Å². The molecule has 0 aromatic rings. The molecule has 0 aromatic heterocycles. The third-order valence-electron chi connectivity index (χ3n) is 12.5. The minimum absolute atomic E-state index is 0.181. The lowest BCUT2D eigenvalue weighted by Gasteiger charge is -2.27. The van der Waals surface area contributed by atoms with E-state index in [4.69, 9.17) is 0 Å². The van der Waals surface area contributed by atoms with Crippen LogP contribution in [-0.4, -0.2) is 29.8 Å². The Morgan fingerprint density at radius 2 is 0.525 bits per heavy atom. The molecule has 0 aliphatic carbocycles. The van der Waals surface area contributed by atoms with Gasteiger partial charge in [0.15, 0.2) is 0 Å². The van der Waals surface area contributed by atoms with E-state index in [1.807, 2.05) is 0 Å². The molecule has 0 heterocycles. The minimum Gasteiger partial charge on any atom is -0.286 e. The maximum Gasteiger partial charge on any atom is 0.265 e. The molecular weight excluding hydrogens is 743 g/mol. The number of rotatable bonds is 49. The van der Waals surface area contributed by atoms with Crippen molar-refractivity contribution in [3.05, 3.63) is 36.8 Å². The Morgan fingerprint density at radius 1 is 0.322 bits per heavy atom. The Hall–Kier alpha value is -0.910. The molecule has 0 aliphatic heterocycles. The van der Waals surface area contributed by atoms with Gasteiger partial charge in [0.2, 0.25) is 0 Å². The lowest BCUT2D eigenvalue weighted by atomic mass is 10.0. The Bertz CT molecular complexity index is 921. The third-order valence-corrected chi connectivity index (χ3v) is 13.3. The van der Waals surface area contributed by atoms with Gasteiger partial charge in [-0.15, -0.1) is 0 Å². The van der Waals surface area contributed by atoms with Gasteiger partial charge in [0, 0.05) is 6.42 Å². The first-order valence-corrected chi connectivity index (χ1v) is 28.4. The van der Waals surface area contributed by atoms with Crippen LogP contribution >= 0.6 is 0 Å². The van der Waals surface area contributed by atoms with Crippen molar-refractivity contribution >= 4 is 10.1 Å². The molecule has 4 nitrogen and oxygen atoms in total. The first kappa shape index (κ1) is 58.1. The normalized spacial score (nSPS) is 12.7. The zero-order valence-corrected chi connectivity index (χ0v) is 41.2. The van der Waals surface area contributed by atoms with Gasteiger partial charge in [0.25, 0.3) is 10.1 Å². The van der Waals surface area contributed by atoms with Crippen molar-refractivity contribution in [2.24, 2.45) is 0 Å². The van der Waals surface area contributed by atoms with Crippen molar-refractivity contribution in [3.8, 4) is 0 Å². The van der Waals surface area contributed by atoms with Crippen LogP contribution < -0.4 is 0 Å². The fraction of sp³-hybridized carbons (Fsp3) is 0.889. The molecule has 0 unspecified atom stereocenters. The lowest BCUT2D eigenvalue weighted by Crippen LogP contribution is -2.33. The highest BCUT2D eigenvalue weighted by atomic mass is 32.2. The molecule has 0 saturated heterocycles. The molecule has 0 rings (SSSR count). The van der Waals surface area contributed by atoms with E-state index >= 15 is 0 Å². The summed E-state index contributed by atoms with van der Waals surface area (Å²) in [6.45, 7) is 7.53. The van der Waals surface area contributed by atoms with Gasteiger partial charge in [-0.1, -0.05) is 252 Å². The molecule has 0 saturated carbocycles. The monoisotopic (exact) mass is 849 g/mol. The number of unbranched alkanes of at least 4 members (excludes halogenated alkanes) is 39. The molecule has 0 aliphatic rings. The maximum atomic E-state index is 11.7. The van der Waals surface area contributed by atoms with Gasteiger partial charge in [-0.2, -0.15) is 8.42 Å². The summed E-state index contributed by atoms with van der Waals surface area (Å²) in [6, 6.07) is 0. The van der Waals surface area contributed by atoms with E-state index in [9.17, 15) is 13.0 Å². The number of nitrogens with zero attached hydrogens (tertiary/aromatic N) is 1. The van der Waals surface area contributed by atoms with Gasteiger partial charge in [0.1, 0.15) is 18.6 Å². The summed E-state index contributed by atoms with van der Waals surface area (Å²) < 4.78 is 33.6. The van der Waals surface area contributed by atoms with Crippen LogP contribution in [0.4, 0.5) is 0 Å². The summed E-state index contributed by atoms with van der Waals surface area (Å²) in [7, 11) is -3.98. The Morgan fingerprint density at radius 3 is 0.729 bits per heavy atom. The van der Waals surface area contributed by atoms with Crippen LogP contribution in [0.15, 0.2) is 36.8 Å². The van der Waals surface area contributed by atoms with E-state index in [1.165, 1.54) is 250 Å². The Kier molecular flexibility index (Phi) is 45.9. The van der Waals surface area contributed by atoms with Crippen LogP contribution in [0, 0.1) is 0 Å². The summed E-state index contributed by atoms with van der Waals surface area (Å²) in [5.41, 5.74) is 0. The highest BCUT2D eigenvalue weighted by Crippen LogP contribution is 2.20. The average Bonchev–Trinajstić information content (AvgIpc) is 3.21. The molecule has 0 bridgehead atoms. The summed E-state index contributed by atoms with van der Waals surface area (Å²) in [5, 5.41) is 0. The number of hydrogen-bond acceptors (Lipinski definition) is 2. The fourth-order valence-electron chi connectivity index (χ4n) is 8.55. The van der Waals surface area contributed by atoms with Gasteiger partial charge in [0.05, 0.1) is 12.3 Å². The minimum atomic E-state index is -3.98. The van der Waals surface area contributed by atoms with E-state index in [0.29, 0.717) is 17.4 Å². The summed E-state index contributed by atoms with van der Waals surface area (Å²) in [5.74, 6) is -0.181. The van der Waals surface area contributed by atoms with Gasteiger partial charge in [-0.25, -0.2) is 4.48 Å². The maximum absolute atomic E-state index is 11.7. The zero-order valence-electron chi connectivity index (χ0n) is 40.4. The summed E-state index contributed by atoms with van der Waals surface area (Å²) in [4.78, 5) is 0. The van der Waals surface area contributed by atoms with Crippen molar-refractivity contribution in [1.29, 1.82) is 0 Å². The predicted molar refractivity (Wildman–Crippen MR) is 265 cm³/mol. The van der Waals surface area contributed by atoms with Crippen molar-refractivity contribution in [2.75, 3.05) is 12.3 Å². The van der Waals surface area contributed by atoms with Crippen LogP contribution in [0.25, 0.3) is 0 Å². The molecule has 0 amide bonds. The van der Waals surface area contributed by atoms with Crippen LogP contribution in [0.3, 0.4) is 0 Å². The second-order valence-electron chi connectivity index (χ2n) is 18.6. The van der Waals surface area contributed by atoms with E-state index in [0.717, 1.165) is 19.3 Å². The van der Waals surface area contributed by atoms with Crippen LogP contribution in [0.2, 0.25) is 0 Å². The van der Waals surface area contributed by atoms with E-state index in [1.54, 1.807) is 0 Å². The quantitative estimate of drug-likeness (QED) is 0.0377. The Balaban J connectivity index is 4.94. The third kappa shape index (κ3) is 46.4. The van der Waals surface area contributed by atoms with Crippen LogP contribution in [0.1, 0.15) is 297 Å². The molecule has 0 radical (unpaired) electrons. The number of hydrogen-bond donors (Lipinski definition) is 1. The second kappa shape index (κ2) is 46.6. The topological polar surface area (TPSA) is 54.4 Å². The molecule has 350 valence electrons. The van der Waals surface area contributed by atoms with Crippen LogP contribution in [0.5, 0.6) is 0 Å². The molecule has 59 heavy (non-hydrogen) atoms. The lowest BCUT2D eigenvalue weighted by molar-refractivity contribution is -0.773. The number of quaternary nitrogens is 1. The molecule has 0 atom stereocenters. The summed E-state index contributed by atoms with van der Waals surface area (Å²) >= 11 is 0. The van der Waals surface area contributed by atoms with E-state index < -0.39 is 10.1 Å². The average molecular weight is 850 g/mol. The van der Waals surface area contributed by atoms with E-state index in [-0.39, 0.29) is 5.75 Å². The molecule has 0 spiro atoms. The fourth-order valence-corrected chi connectivity index (χ4v) is 9.04. The SMILES string of the molecule is CCCCCCCCCCCCCCC/C=C/[N+](/C=C/CCCCCCCCCCCCCCC)(/C=C/CCCCCCCCCCCCCCC)CCCS(=O)(=O)O. The molecule has 1 N–H and O–H groups in total. The first-order chi connectivity index (χ1) is 28.9. The van der Waals surface area contributed by atoms with Crippen molar-refractivity contribution in [2.45, 2.75) is 297 Å². The predicted octanol–water partition coefficient (Wildman–Crippen LogP) is 19.1. The van der Waals surface area contributed by atoms with Gasteiger partial charge in [-0.05, 0) is 56.8 Å². The van der Waals surface area contributed by atoms with Gasteiger partial charge < -0.3 is 0 Å². The largest absolute Gasteiger partial charge is 0.286 e. The van der Waals surface area contributed by atoms with E-state index in [2.05, 4.69) is 57.6 Å². The molecule has 0 fully saturated rings. The smallest absolute Gasteiger partial charge is 0.265 e. The molecular formula is C54H106NO3S+. The van der Waals surface area contributed by atoms with Gasteiger partial charge >= 0.3 is 0 Å². The van der Waals surface area contributed by atoms with Crippen LogP contribution in [-0.2, 0) is 10.1 Å². The second-order valence-corrected chi connectivity index (χ2v) is 20.2. The number of allylic oxidation sites excluding steroid dienone is 3.